The molecular formula is C32H24O2. The van der Waals surface area contributed by atoms with Crippen LogP contribution in [0.1, 0.15) is 56.8 Å². The van der Waals surface area contributed by atoms with E-state index in [4.69, 9.17) is 0 Å². The van der Waals surface area contributed by atoms with Crippen molar-refractivity contribution >= 4 is 11.6 Å². The SMILES string of the molecule is CC12C(C(=O)c3ccccc3)=C(C(=O)c3ccccc3)C(C)(c3ccccc31)c1ccccc12. The Morgan fingerprint density at radius 1 is 0.441 bits per heavy atom. The molecule has 0 unspecified atom stereocenters. The number of carbonyl (C=O) groups excluding carboxylic acids is 2. The standard InChI is InChI=1S/C32H24O2/c1-31-23-17-9-11-19-25(23)32(2,26-20-12-10-18-24(26)31)28(30(34)22-15-7-4-8-16-22)27(31)29(33)21-13-5-3-6-14-21/h3-20H,1-2H3. The predicted octanol–water partition coefficient (Wildman–Crippen LogP) is 6.69. The number of hydrogen-bond acceptors (Lipinski definition) is 2. The lowest BCUT2D eigenvalue weighted by atomic mass is 9.46. The quantitative estimate of drug-likeness (QED) is 0.331. The lowest BCUT2D eigenvalue weighted by molar-refractivity contribution is 0.0972. The fourth-order valence-corrected chi connectivity index (χ4v) is 6.19. The van der Waals surface area contributed by atoms with Crippen LogP contribution >= 0.6 is 0 Å². The van der Waals surface area contributed by atoms with Crippen molar-refractivity contribution < 1.29 is 9.59 Å². The molecule has 0 aliphatic heterocycles. The molecule has 2 bridgehead atoms. The zero-order valence-corrected chi connectivity index (χ0v) is 19.2. The van der Waals surface area contributed by atoms with Crippen molar-refractivity contribution in [1.82, 2.24) is 0 Å². The third-order valence-electron chi connectivity index (χ3n) is 7.78. The second-order valence-electron chi connectivity index (χ2n) is 9.48. The van der Waals surface area contributed by atoms with E-state index in [1.165, 1.54) is 0 Å². The minimum absolute atomic E-state index is 0.0855. The number of rotatable bonds is 4. The Morgan fingerprint density at radius 2 is 0.706 bits per heavy atom. The normalized spacial score (nSPS) is 22.2. The molecule has 0 heterocycles. The molecule has 4 aromatic carbocycles. The average Bonchev–Trinajstić information content (AvgIpc) is 2.90. The molecule has 0 saturated carbocycles. The molecule has 3 aliphatic rings. The first-order chi connectivity index (χ1) is 16.5. The van der Waals surface area contributed by atoms with E-state index in [2.05, 4.69) is 38.1 Å². The summed E-state index contributed by atoms with van der Waals surface area (Å²) in [6.07, 6.45) is 0. The van der Waals surface area contributed by atoms with E-state index in [0.717, 1.165) is 22.3 Å². The van der Waals surface area contributed by atoms with E-state index in [-0.39, 0.29) is 11.6 Å². The third kappa shape index (κ3) is 2.51. The monoisotopic (exact) mass is 440 g/mol. The first-order valence-electron chi connectivity index (χ1n) is 11.6. The van der Waals surface area contributed by atoms with Crippen molar-refractivity contribution in [3.05, 3.63) is 154 Å². The Balaban J connectivity index is 1.76. The van der Waals surface area contributed by atoms with Gasteiger partial charge in [-0.15, -0.1) is 0 Å². The Morgan fingerprint density at radius 3 is 1.00 bits per heavy atom. The maximum absolute atomic E-state index is 14.3. The summed E-state index contributed by atoms with van der Waals surface area (Å²) in [5.74, 6) is -0.171. The van der Waals surface area contributed by atoms with Gasteiger partial charge in [0.1, 0.15) is 0 Å². The van der Waals surface area contributed by atoms with Crippen LogP contribution in [-0.4, -0.2) is 11.6 Å². The van der Waals surface area contributed by atoms with E-state index >= 15 is 0 Å². The van der Waals surface area contributed by atoms with Crippen molar-refractivity contribution in [3.63, 3.8) is 0 Å². The van der Waals surface area contributed by atoms with Crippen LogP contribution in [0.25, 0.3) is 0 Å². The van der Waals surface area contributed by atoms with Crippen LogP contribution < -0.4 is 0 Å². The van der Waals surface area contributed by atoms with Gasteiger partial charge in [0.15, 0.2) is 11.6 Å². The lowest BCUT2D eigenvalue weighted by Crippen LogP contribution is -2.52. The van der Waals surface area contributed by atoms with Crippen LogP contribution in [0.5, 0.6) is 0 Å². The topological polar surface area (TPSA) is 34.1 Å². The fraction of sp³-hybridized carbons (Fsp3) is 0.125. The van der Waals surface area contributed by atoms with E-state index in [1.807, 2.05) is 84.9 Å². The second kappa shape index (κ2) is 7.23. The summed E-state index contributed by atoms with van der Waals surface area (Å²) in [4.78, 5) is 28.6. The summed E-state index contributed by atoms with van der Waals surface area (Å²) in [7, 11) is 0. The number of allylic oxidation sites excluding steroid dienone is 2. The molecule has 0 amide bonds. The lowest BCUT2D eigenvalue weighted by Gasteiger charge is -2.54. The van der Waals surface area contributed by atoms with Gasteiger partial charge in [-0.25, -0.2) is 0 Å². The molecule has 34 heavy (non-hydrogen) atoms. The summed E-state index contributed by atoms with van der Waals surface area (Å²) in [5.41, 5.74) is 5.29. The molecule has 0 spiro atoms. The van der Waals surface area contributed by atoms with Crippen molar-refractivity contribution in [2.75, 3.05) is 0 Å². The third-order valence-corrected chi connectivity index (χ3v) is 7.78. The van der Waals surface area contributed by atoms with Crippen LogP contribution in [-0.2, 0) is 10.8 Å². The second-order valence-corrected chi connectivity index (χ2v) is 9.48. The molecule has 0 saturated heterocycles. The minimum atomic E-state index is -0.738. The van der Waals surface area contributed by atoms with Crippen LogP contribution in [0.2, 0.25) is 0 Å². The molecule has 4 aromatic rings. The highest BCUT2D eigenvalue weighted by molar-refractivity contribution is 6.22. The average molecular weight is 441 g/mol. The predicted molar refractivity (Wildman–Crippen MR) is 134 cm³/mol. The first-order valence-corrected chi connectivity index (χ1v) is 11.6. The molecule has 2 nitrogen and oxygen atoms in total. The zero-order chi connectivity index (χ0) is 23.5. The number of ketones is 2. The molecule has 0 aromatic heterocycles. The molecular weight excluding hydrogens is 416 g/mol. The van der Waals surface area contributed by atoms with Gasteiger partial charge in [-0.2, -0.15) is 0 Å². The van der Waals surface area contributed by atoms with Gasteiger partial charge in [0.25, 0.3) is 0 Å². The largest absolute Gasteiger partial charge is 0.289 e. The number of Topliss-reactive ketones (excluding diaryl/α,β-unsaturated/α-hetero) is 2. The summed E-state index contributed by atoms with van der Waals surface area (Å²) < 4.78 is 0. The fourth-order valence-electron chi connectivity index (χ4n) is 6.19. The van der Waals surface area contributed by atoms with Crippen molar-refractivity contribution in [2.45, 2.75) is 24.7 Å². The molecule has 0 N–H and O–H groups in total. The van der Waals surface area contributed by atoms with Gasteiger partial charge in [0.05, 0.1) is 0 Å². The van der Waals surface area contributed by atoms with Gasteiger partial charge in [-0.1, -0.05) is 109 Å². The maximum Gasteiger partial charge on any atom is 0.190 e. The summed E-state index contributed by atoms with van der Waals surface area (Å²) in [6.45, 7) is 4.22. The Bertz CT molecular complexity index is 1330. The van der Waals surface area contributed by atoms with Gasteiger partial charge in [0.2, 0.25) is 0 Å². The molecule has 0 atom stereocenters. The van der Waals surface area contributed by atoms with Crippen LogP contribution in [0.15, 0.2) is 120 Å². The van der Waals surface area contributed by atoms with Gasteiger partial charge in [0, 0.05) is 33.1 Å². The van der Waals surface area contributed by atoms with Crippen LogP contribution in [0.3, 0.4) is 0 Å². The minimum Gasteiger partial charge on any atom is -0.289 e. The van der Waals surface area contributed by atoms with Gasteiger partial charge >= 0.3 is 0 Å². The summed E-state index contributed by atoms with van der Waals surface area (Å²) in [6, 6.07) is 35.2. The highest BCUT2D eigenvalue weighted by atomic mass is 16.1. The Kier molecular flexibility index (Phi) is 4.37. The van der Waals surface area contributed by atoms with Crippen LogP contribution in [0, 0.1) is 0 Å². The van der Waals surface area contributed by atoms with Gasteiger partial charge in [-0.05, 0) is 36.1 Å². The number of carbonyl (C=O) groups is 2. The maximum atomic E-state index is 14.3. The zero-order valence-electron chi connectivity index (χ0n) is 19.2. The van der Waals surface area contributed by atoms with Crippen molar-refractivity contribution in [3.8, 4) is 0 Å². The molecule has 0 fully saturated rings. The van der Waals surface area contributed by atoms with Gasteiger partial charge < -0.3 is 0 Å². The van der Waals surface area contributed by atoms with Crippen LogP contribution in [0.4, 0.5) is 0 Å². The van der Waals surface area contributed by atoms with Crippen molar-refractivity contribution in [2.24, 2.45) is 0 Å². The molecule has 3 aliphatic carbocycles. The van der Waals surface area contributed by atoms with E-state index < -0.39 is 10.8 Å². The molecule has 164 valence electrons. The van der Waals surface area contributed by atoms with E-state index in [9.17, 15) is 9.59 Å². The Labute approximate surface area is 199 Å². The van der Waals surface area contributed by atoms with Gasteiger partial charge in [-0.3, -0.25) is 9.59 Å². The van der Waals surface area contributed by atoms with E-state index in [1.54, 1.807) is 0 Å². The smallest absolute Gasteiger partial charge is 0.190 e. The Hall–Kier alpha value is -4.04. The molecule has 2 heteroatoms. The van der Waals surface area contributed by atoms with E-state index in [0.29, 0.717) is 22.3 Å². The summed E-state index contributed by atoms with van der Waals surface area (Å²) >= 11 is 0. The summed E-state index contributed by atoms with van der Waals surface area (Å²) in [5, 5.41) is 0. The molecule has 0 radical (unpaired) electrons. The highest BCUT2D eigenvalue weighted by Gasteiger charge is 2.59. The highest BCUT2D eigenvalue weighted by Crippen LogP contribution is 2.62. The number of hydrogen-bond donors (Lipinski definition) is 0. The van der Waals surface area contributed by atoms with Crippen molar-refractivity contribution in [1.29, 1.82) is 0 Å². The first kappa shape index (κ1) is 20.6. The molecule has 7 rings (SSSR count). The number of benzene rings is 4.